The fourth-order valence-corrected chi connectivity index (χ4v) is 2.15. The summed E-state index contributed by atoms with van der Waals surface area (Å²) < 4.78 is 0. The molecule has 1 saturated carbocycles. The standard InChI is InChI=1S/C13H28N2O/c1-4-8-14-13(3,11-16)10-15(9-5-2)12-6-7-12/h12,14,16H,4-11H2,1-3H3. The zero-order valence-corrected chi connectivity index (χ0v) is 11.1. The van der Waals surface area contributed by atoms with Gasteiger partial charge in [-0.1, -0.05) is 13.8 Å². The van der Waals surface area contributed by atoms with Gasteiger partial charge in [-0.05, 0) is 45.7 Å². The molecule has 1 fully saturated rings. The van der Waals surface area contributed by atoms with E-state index in [2.05, 4.69) is 31.0 Å². The van der Waals surface area contributed by atoms with Crippen LogP contribution in [0.1, 0.15) is 46.5 Å². The lowest BCUT2D eigenvalue weighted by Crippen LogP contribution is -2.54. The van der Waals surface area contributed by atoms with E-state index in [0.717, 1.165) is 32.1 Å². The molecule has 0 aromatic rings. The van der Waals surface area contributed by atoms with Gasteiger partial charge in [0, 0.05) is 12.6 Å². The van der Waals surface area contributed by atoms with Gasteiger partial charge >= 0.3 is 0 Å². The van der Waals surface area contributed by atoms with Crippen LogP contribution in [0.5, 0.6) is 0 Å². The minimum Gasteiger partial charge on any atom is -0.394 e. The van der Waals surface area contributed by atoms with Gasteiger partial charge in [0.25, 0.3) is 0 Å². The Labute approximate surface area is 100 Å². The summed E-state index contributed by atoms with van der Waals surface area (Å²) >= 11 is 0. The molecular weight excluding hydrogens is 200 g/mol. The van der Waals surface area contributed by atoms with E-state index in [4.69, 9.17) is 0 Å². The van der Waals surface area contributed by atoms with E-state index < -0.39 is 0 Å². The molecule has 0 heterocycles. The van der Waals surface area contributed by atoms with Crippen molar-refractivity contribution in [2.75, 3.05) is 26.2 Å². The van der Waals surface area contributed by atoms with Crippen LogP contribution in [0.25, 0.3) is 0 Å². The molecule has 96 valence electrons. The van der Waals surface area contributed by atoms with E-state index in [1.165, 1.54) is 19.3 Å². The van der Waals surface area contributed by atoms with E-state index in [-0.39, 0.29) is 12.1 Å². The molecule has 0 spiro atoms. The van der Waals surface area contributed by atoms with E-state index in [0.29, 0.717) is 0 Å². The Bertz CT molecular complexity index is 194. The summed E-state index contributed by atoms with van der Waals surface area (Å²) in [6.07, 6.45) is 5.00. The Hall–Kier alpha value is -0.120. The largest absolute Gasteiger partial charge is 0.394 e. The summed E-state index contributed by atoms with van der Waals surface area (Å²) in [6.45, 7) is 9.87. The molecule has 0 aromatic heterocycles. The first kappa shape index (κ1) is 13.9. The van der Waals surface area contributed by atoms with E-state index in [1.54, 1.807) is 0 Å². The molecule has 0 radical (unpaired) electrons. The fourth-order valence-electron chi connectivity index (χ4n) is 2.15. The lowest BCUT2D eigenvalue weighted by atomic mass is 10.0. The molecule has 16 heavy (non-hydrogen) atoms. The number of hydrogen-bond donors (Lipinski definition) is 2. The molecule has 3 nitrogen and oxygen atoms in total. The zero-order valence-electron chi connectivity index (χ0n) is 11.1. The van der Waals surface area contributed by atoms with Crippen LogP contribution < -0.4 is 5.32 Å². The van der Waals surface area contributed by atoms with Crippen molar-refractivity contribution in [1.82, 2.24) is 10.2 Å². The van der Waals surface area contributed by atoms with Crippen molar-refractivity contribution < 1.29 is 5.11 Å². The maximum Gasteiger partial charge on any atom is 0.0623 e. The Balaban J connectivity index is 2.44. The van der Waals surface area contributed by atoms with Crippen LogP contribution in [-0.4, -0.2) is 47.8 Å². The molecule has 0 bridgehead atoms. The van der Waals surface area contributed by atoms with Crippen molar-refractivity contribution in [3.8, 4) is 0 Å². The first-order valence-electron chi connectivity index (χ1n) is 6.75. The molecule has 2 N–H and O–H groups in total. The number of nitrogens with one attached hydrogen (secondary N) is 1. The van der Waals surface area contributed by atoms with Crippen molar-refractivity contribution in [2.24, 2.45) is 0 Å². The quantitative estimate of drug-likeness (QED) is 0.629. The number of nitrogens with zero attached hydrogens (tertiary/aromatic N) is 1. The minimum atomic E-state index is -0.131. The van der Waals surface area contributed by atoms with Crippen molar-refractivity contribution in [3.05, 3.63) is 0 Å². The summed E-state index contributed by atoms with van der Waals surface area (Å²) in [4.78, 5) is 2.54. The van der Waals surface area contributed by atoms with Crippen LogP contribution in [0.15, 0.2) is 0 Å². The summed E-state index contributed by atoms with van der Waals surface area (Å²) in [6, 6.07) is 0.786. The molecule has 0 aliphatic heterocycles. The van der Waals surface area contributed by atoms with Crippen LogP contribution >= 0.6 is 0 Å². The smallest absolute Gasteiger partial charge is 0.0623 e. The number of aliphatic hydroxyl groups is 1. The minimum absolute atomic E-state index is 0.131. The van der Waals surface area contributed by atoms with Gasteiger partial charge in [0.2, 0.25) is 0 Å². The van der Waals surface area contributed by atoms with Crippen LogP contribution in [-0.2, 0) is 0 Å². The average molecular weight is 228 g/mol. The molecule has 0 amide bonds. The average Bonchev–Trinajstić information content (AvgIpc) is 3.10. The van der Waals surface area contributed by atoms with Crippen molar-refractivity contribution in [1.29, 1.82) is 0 Å². The Morgan fingerprint density at radius 1 is 1.31 bits per heavy atom. The monoisotopic (exact) mass is 228 g/mol. The van der Waals surface area contributed by atoms with Gasteiger partial charge in [0.1, 0.15) is 0 Å². The fraction of sp³-hybridized carbons (Fsp3) is 1.00. The van der Waals surface area contributed by atoms with Crippen LogP contribution in [0.3, 0.4) is 0 Å². The lowest BCUT2D eigenvalue weighted by molar-refractivity contribution is 0.116. The van der Waals surface area contributed by atoms with Gasteiger partial charge in [-0.2, -0.15) is 0 Å². The highest BCUT2D eigenvalue weighted by molar-refractivity contribution is 4.92. The van der Waals surface area contributed by atoms with Crippen LogP contribution in [0, 0.1) is 0 Å². The normalized spacial score (nSPS) is 20.1. The summed E-state index contributed by atoms with van der Waals surface area (Å²) in [7, 11) is 0. The molecular formula is C13H28N2O. The summed E-state index contributed by atoms with van der Waals surface area (Å²) in [5.41, 5.74) is -0.131. The van der Waals surface area contributed by atoms with E-state index in [1.807, 2.05) is 0 Å². The topological polar surface area (TPSA) is 35.5 Å². The summed E-state index contributed by atoms with van der Waals surface area (Å²) in [5.74, 6) is 0. The van der Waals surface area contributed by atoms with Gasteiger partial charge in [0.05, 0.1) is 12.1 Å². The number of rotatable bonds is 9. The molecule has 1 aliphatic rings. The third-order valence-electron chi connectivity index (χ3n) is 3.28. The molecule has 1 atom stereocenters. The van der Waals surface area contributed by atoms with E-state index in [9.17, 15) is 5.11 Å². The van der Waals surface area contributed by atoms with Gasteiger partial charge in [0.15, 0.2) is 0 Å². The first-order chi connectivity index (χ1) is 7.65. The first-order valence-corrected chi connectivity index (χ1v) is 6.75. The molecule has 3 heteroatoms. The SMILES string of the molecule is CCCNC(C)(CO)CN(CCC)C1CC1. The predicted octanol–water partition coefficient (Wildman–Crippen LogP) is 1.61. The molecule has 0 aromatic carbocycles. The molecule has 1 rings (SSSR count). The molecule has 1 aliphatic carbocycles. The highest BCUT2D eigenvalue weighted by Gasteiger charge is 2.33. The zero-order chi connectivity index (χ0) is 12.0. The lowest BCUT2D eigenvalue weighted by Gasteiger charge is -2.35. The van der Waals surface area contributed by atoms with Gasteiger partial charge in [-0.25, -0.2) is 0 Å². The van der Waals surface area contributed by atoms with Gasteiger partial charge in [-0.3, -0.25) is 4.90 Å². The Morgan fingerprint density at radius 2 is 2.00 bits per heavy atom. The number of hydrogen-bond acceptors (Lipinski definition) is 3. The highest BCUT2D eigenvalue weighted by Crippen LogP contribution is 2.28. The van der Waals surface area contributed by atoms with Crippen LogP contribution in [0.2, 0.25) is 0 Å². The van der Waals surface area contributed by atoms with Gasteiger partial charge < -0.3 is 10.4 Å². The molecule has 0 saturated heterocycles. The van der Waals surface area contributed by atoms with E-state index >= 15 is 0 Å². The Morgan fingerprint density at radius 3 is 2.44 bits per heavy atom. The third-order valence-corrected chi connectivity index (χ3v) is 3.28. The maximum atomic E-state index is 9.54. The second kappa shape index (κ2) is 6.58. The second-order valence-corrected chi connectivity index (χ2v) is 5.35. The Kier molecular flexibility index (Phi) is 5.73. The van der Waals surface area contributed by atoms with Crippen molar-refractivity contribution >= 4 is 0 Å². The third kappa shape index (κ3) is 4.40. The van der Waals surface area contributed by atoms with Crippen molar-refractivity contribution in [2.45, 2.75) is 58.0 Å². The van der Waals surface area contributed by atoms with Crippen molar-refractivity contribution in [3.63, 3.8) is 0 Å². The maximum absolute atomic E-state index is 9.54. The highest BCUT2D eigenvalue weighted by atomic mass is 16.3. The number of aliphatic hydroxyl groups excluding tert-OH is 1. The van der Waals surface area contributed by atoms with Crippen LogP contribution in [0.4, 0.5) is 0 Å². The summed E-state index contributed by atoms with van der Waals surface area (Å²) in [5, 5.41) is 13.0. The van der Waals surface area contributed by atoms with Gasteiger partial charge in [-0.15, -0.1) is 0 Å². The predicted molar refractivity (Wildman–Crippen MR) is 68.7 cm³/mol. The molecule has 1 unspecified atom stereocenters. The second-order valence-electron chi connectivity index (χ2n) is 5.35.